The van der Waals surface area contributed by atoms with Crippen LogP contribution in [0, 0.1) is 5.92 Å². The Hall–Kier alpha value is -1.25. The van der Waals surface area contributed by atoms with Crippen LogP contribution in [-0.4, -0.2) is 43.0 Å². The predicted octanol–water partition coefficient (Wildman–Crippen LogP) is 4.10. The van der Waals surface area contributed by atoms with Gasteiger partial charge in [-0.2, -0.15) is 9.97 Å². The number of nitrogens with one attached hydrogen (secondary N) is 1. The lowest BCUT2D eigenvalue weighted by atomic mass is 10.0. The summed E-state index contributed by atoms with van der Waals surface area (Å²) in [5.41, 5.74) is 1.23. The van der Waals surface area contributed by atoms with Gasteiger partial charge in [0.05, 0.1) is 12.9 Å². The third-order valence-electron chi connectivity index (χ3n) is 3.51. The number of phosphoric acid groups is 1. The Morgan fingerprint density at radius 3 is 2.44 bits per heavy atom. The molecule has 156 valence electrons. The van der Waals surface area contributed by atoms with Gasteiger partial charge < -0.3 is 19.7 Å². The Morgan fingerprint density at radius 1 is 1.30 bits per heavy atom. The van der Waals surface area contributed by atoms with Gasteiger partial charge in [0.25, 0.3) is 0 Å². The molecule has 1 unspecified atom stereocenters. The fraction of sp³-hybridized carbons (Fsp3) is 0.688. The van der Waals surface area contributed by atoms with Crippen LogP contribution in [0.2, 0.25) is 5.28 Å². The fourth-order valence-electron chi connectivity index (χ4n) is 2.19. The van der Waals surface area contributed by atoms with Crippen LogP contribution in [0.5, 0.6) is 0 Å². The van der Waals surface area contributed by atoms with E-state index in [2.05, 4.69) is 24.8 Å². The Kier molecular flexibility index (Phi) is 12.4. The van der Waals surface area contributed by atoms with Crippen molar-refractivity contribution < 1.29 is 18.9 Å². The van der Waals surface area contributed by atoms with Crippen LogP contribution in [0.3, 0.4) is 0 Å². The molecule has 0 aliphatic rings. The first-order valence-corrected chi connectivity index (χ1v) is 11.0. The number of hydrogen-bond donors (Lipinski definition) is 3. The molecule has 9 nitrogen and oxygen atoms in total. The van der Waals surface area contributed by atoms with Gasteiger partial charge in [-0.3, -0.25) is 4.52 Å². The van der Waals surface area contributed by atoms with Crippen molar-refractivity contribution in [3.63, 3.8) is 0 Å². The van der Waals surface area contributed by atoms with Crippen LogP contribution in [-0.2, 0) is 15.6 Å². The Labute approximate surface area is 165 Å². The Bertz CT molecular complexity index is 722. The molecule has 2 aromatic heterocycles. The van der Waals surface area contributed by atoms with Gasteiger partial charge in [0.1, 0.15) is 0 Å². The summed E-state index contributed by atoms with van der Waals surface area (Å²) < 4.78 is 17.2. The lowest BCUT2D eigenvalue weighted by molar-refractivity contribution is 0.160. The molecule has 0 fully saturated rings. The number of imidazole rings is 1. The van der Waals surface area contributed by atoms with Crippen molar-refractivity contribution in [2.45, 2.75) is 54.0 Å². The molecule has 0 aliphatic heterocycles. The number of nitrogens with zero attached hydrogens (tertiary/aromatic N) is 4. The smallest absolute Gasteiger partial charge is 0.371 e. The second-order valence-corrected chi connectivity index (χ2v) is 6.63. The third kappa shape index (κ3) is 8.53. The molecule has 2 aromatic rings. The number of fused-ring (bicyclic) bond motifs is 1. The first kappa shape index (κ1) is 25.8. The number of halogens is 1. The van der Waals surface area contributed by atoms with Gasteiger partial charge in [-0.15, -0.1) is 0 Å². The summed E-state index contributed by atoms with van der Waals surface area (Å²) in [6.45, 7) is 10.5. The molecule has 0 aromatic carbocycles. The zero-order chi connectivity index (χ0) is 21.0. The van der Waals surface area contributed by atoms with Crippen LogP contribution in [0.1, 0.15) is 47.5 Å². The van der Waals surface area contributed by atoms with Crippen LogP contribution >= 0.6 is 19.4 Å². The lowest BCUT2D eigenvalue weighted by Crippen LogP contribution is -2.11. The highest BCUT2D eigenvalue weighted by molar-refractivity contribution is 7.46. The summed E-state index contributed by atoms with van der Waals surface area (Å²) in [4.78, 5) is 30.1. The number of anilines is 1. The van der Waals surface area contributed by atoms with Gasteiger partial charge in [0.2, 0.25) is 5.28 Å². The van der Waals surface area contributed by atoms with Gasteiger partial charge in [-0.25, -0.2) is 9.55 Å². The van der Waals surface area contributed by atoms with Crippen molar-refractivity contribution in [3.05, 3.63) is 11.6 Å². The van der Waals surface area contributed by atoms with E-state index in [0.29, 0.717) is 29.9 Å². The fourth-order valence-corrected chi connectivity index (χ4v) is 2.75. The van der Waals surface area contributed by atoms with Crippen molar-refractivity contribution >= 4 is 36.4 Å². The number of phosphoric ester groups is 1. The minimum Gasteiger partial charge on any atom is -0.371 e. The van der Waals surface area contributed by atoms with E-state index in [0.717, 1.165) is 6.42 Å². The number of hydrogen-bond acceptors (Lipinski definition) is 6. The van der Waals surface area contributed by atoms with Crippen molar-refractivity contribution in [1.29, 1.82) is 0 Å². The summed E-state index contributed by atoms with van der Waals surface area (Å²) in [7, 11) is -2.71. The highest BCUT2D eigenvalue weighted by Gasteiger charge is 2.18. The molecule has 2 rings (SSSR count). The molecule has 27 heavy (non-hydrogen) atoms. The topological polar surface area (TPSA) is 122 Å². The number of rotatable bonds is 8. The monoisotopic (exact) mass is 423 g/mol. The van der Waals surface area contributed by atoms with Gasteiger partial charge in [0.15, 0.2) is 17.0 Å². The van der Waals surface area contributed by atoms with E-state index in [-0.39, 0.29) is 17.8 Å². The maximum Gasteiger partial charge on any atom is 0.469 e. The minimum absolute atomic E-state index is 0.00487. The molecule has 0 bridgehead atoms. The molecule has 11 heteroatoms. The summed E-state index contributed by atoms with van der Waals surface area (Å²) >= 11 is 5.91. The predicted molar refractivity (Wildman–Crippen MR) is 109 cm³/mol. The van der Waals surface area contributed by atoms with Crippen molar-refractivity contribution in [1.82, 2.24) is 19.5 Å². The number of aryl methyl sites for hydroxylation is 1. The maximum absolute atomic E-state index is 10.8. The van der Waals surface area contributed by atoms with E-state index in [1.807, 2.05) is 39.2 Å². The molecule has 0 radical (unpaired) electrons. The minimum atomic E-state index is -4.44. The molecular formula is C16H31ClN5O4P. The summed E-state index contributed by atoms with van der Waals surface area (Å²) in [5, 5.41) is 3.04. The quantitative estimate of drug-likeness (QED) is 0.428. The van der Waals surface area contributed by atoms with E-state index in [9.17, 15) is 4.57 Å². The van der Waals surface area contributed by atoms with Gasteiger partial charge in [0, 0.05) is 13.6 Å². The average Bonchev–Trinajstić information content (AvgIpc) is 3.06. The molecule has 0 saturated carbocycles. The molecular weight excluding hydrogens is 393 g/mol. The normalized spacial score (nSPS) is 11.9. The zero-order valence-electron chi connectivity index (χ0n) is 16.8. The van der Waals surface area contributed by atoms with Gasteiger partial charge in [-0.1, -0.05) is 41.0 Å². The molecule has 3 N–H and O–H groups in total. The molecule has 0 aliphatic carbocycles. The standard InChI is InChI=1S/C12H19ClN5O4P.2C2H6/c1-3-8(6-22-23(19,20)21)4-5-18-7-15-9-10(14-2)16-12(13)17-11(9)18;2*1-2/h7-8H,3-6H2,1-2H3,(H,14,16,17)(H2,19,20,21);2*1-2H3. The van der Waals surface area contributed by atoms with E-state index < -0.39 is 7.82 Å². The zero-order valence-corrected chi connectivity index (χ0v) is 18.5. The Morgan fingerprint density at radius 2 is 1.93 bits per heavy atom. The van der Waals surface area contributed by atoms with Crippen molar-refractivity contribution in [2.75, 3.05) is 19.0 Å². The second-order valence-electron chi connectivity index (χ2n) is 5.05. The van der Waals surface area contributed by atoms with Crippen LogP contribution < -0.4 is 5.32 Å². The maximum atomic E-state index is 10.8. The molecule has 1 atom stereocenters. The largest absolute Gasteiger partial charge is 0.469 e. The van der Waals surface area contributed by atoms with Crippen molar-refractivity contribution in [3.8, 4) is 0 Å². The first-order chi connectivity index (χ1) is 12.8. The highest BCUT2D eigenvalue weighted by atomic mass is 35.5. The SMILES string of the molecule is CC.CC.CCC(CCn1cnc2c(NC)nc(Cl)nc21)COP(=O)(O)O. The molecule has 2 heterocycles. The second kappa shape index (κ2) is 13.0. The van der Waals surface area contributed by atoms with E-state index >= 15 is 0 Å². The van der Waals surface area contributed by atoms with Crippen LogP contribution in [0.15, 0.2) is 6.33 Å². The van der Waals surface area contributed by atoms with E-state index in [4.69, 9.17) is 21.4 Å². The molecule has 0 spiro atoms. The lowest BCUT2D eigenvalue weighted by Gasteiger charge is -2.15. The summed E-state index contributed by atoms with van der Waals surface area (Å²) in [6.07, 6.45) is 3.05. The van der Waals surface area contributed by atoms with Crippen molar-refractivity contribution in [2.24, 2.45) is 5.92 Å². The van der Waals surface area contributed by atoms with E-state index in [1.54, 1.807) is 13.4 Å². The number of aromatic nitrogens is 4. The van der Waals surface area contributed by atoms with Gasteiger partial charge >= 0.3 is 7.82 Å². The Balaban J connectivity index is 0.00000158. The third-order valence-corrected chi connectivity index (χ3v) is 4.16. The first-order valence-electron chi connectivity index (χ1n) is 9.10. The van der Waals surface area contributed by atoms with E-state index in [1.165, 1.54) is 0 Å². The highest BCUT2D eigenvalue weighted by Crippen LogP contribution is 2.36. The van der Waals surface area contributed by atoms with Crippen LogP contribution in [0.4, 0.5) is 5.82 Å². The molecule has 0 saturated heterocycles. The summed E-state index contributed by atoms with van der Waals surface area (Å²) in [5.74, 6) is 0.566. The average molecular weight is 424 g/mol. The summed E-state index contributed by atoms with van der Waals surface area (Å²) in [6, 6.07) is 0. The van der Waals surface area contributed by atoms with Gasteiger partial charge in [-0.05, 0) is 23.9 Å². The van der Waals surface area contributed by atoms with Crippen LogP contribution in [0.25, 0.3) is 11.2 Å². The molecule has 0 amide bonds.